The first-order valence-corrected chi connectivity index (χ1v) is 7.05. The first kappa shape index (κ1) is 16.1. The first-order chi connectivity index (χ1) is 10.6. The number of rotatable bonds is 7. The summed E-state index contributed by atoms with van der Waals surface area (Å²) in [7, 11) is 1.46. The van der Waals surface area contributed by atoms with Crippen LogP contribution in [0.2, 0.25) is 0 Å². The topological polar surface area (TPSA) is 99.9 Å². The SMILES string of the molecule is COc1cc(C(=O)NC[C@H]2CCOC2)ccc1OCC(N)=O. The highest BCUT2D eigenvalue weighted by molar-refractivity contribution is 5.94. The number of nitrogens with one attached hydrogen (secondary N) is 1. The summed E-state index contributed by atoms with van der Waals surface area (Å²) < 4.78 is 15.7. The molecule has 1 aromatic carbocycles. The number of ether oxygens (including phenoxy) is 3. The molecule has 0 aromatic heterocycles. The van der Waals surface area contributed by atoms with E-state index in [4.69, 9.17) is 19.9 Å². The maximum Gasteiger partial charge on any atom is 0.255 e. The predicted octanol–water partition coefficient (Wildman–Crippen LogP) is 0.326. The molecule has 22 heavy (non-hydrogen) atoms. The zero-order valence-electron chi connectivity index (χ0n) is 12.5. The summed E-state index contributed by atoms with van der Waals surface area (Å²) >= 11 is 0. The van der Waals surface area contributed by atoms with Crippen LogP contribution in [0.5, 0.6) is 11.5 Å². The molecule has 1 aliphatic rings. The van der Waals surface area contributed by atoms with Crippen molar-refractivity contribution in [1.82, 2.24) is 5.32 Å². The summed E-state index contributed by atoms with van der Waals surface area (Å²) in [6, 6.07) is 4.76. The van der Waals surface area contributed by atoms with E-state index in [2.05, 4.69) is 5.32 Å². The molecule has 2 amide bonds. The summed E-state index contributed by atoms with van der Waals surface area (Å²) in [5.41, 5.74) is 5.49. The summed E-state index contributed by atoms with van der Waals surface area (Å²) in [4.78, 5) is 22.9. The smallest absolute Gasteiger partial charge is 0.255 e. The molecule has 7 nitrogen and oxygen atoms in total. The van der Waals surface area contributed by atoms with Crippen LogP contribution in [0, 0.1) is 5.92 Å². The van der Waals surface area contributed by atoms with Gasteiger partial charge in [0, 0.05) is 24.6 Å². The van der Waals surface area contributed by atoms with Crippen LogP contribution in [-0.4, -0.2) is 45.3 Å². The lowest BCUT2D eigenvalue weighted by Gasteiger charge is -2.12. The van der Waals surface area contributed by atoms with Gasteiger partial charge in [0.25, 0.3) is 11.8 Å². The van der Waals surface area contributed by atoms with Gasteiger partial charge >= 0.3 is 0 Å². The molecule has 1 fully saturated rings. The van der Waals surface area contributed by atoms with Crippen molar-refractivity contribution in [2.24, 2.45) is 11.7 Å². The van der Waals surface area contributed by atoms with E-state index in [1.54, 1.807) is 18.2 Å². The fraction of sp³-hybridized carbons (Fsp3) is 0.467. The van der Waals surface area contributed by atoms with Crippen molar-refractivity contribution in [2.45, 2.75) is 6.42 Å². The van der Waals surface area contributed by atoms with E-state index in [9.17, 15) is 9.59 Å². The average Bonchev–Trinajstić information content (AvgIpc) is 3.03. The molecule has 7 heteroatoms. The number of nitrogens with two attached hydrogens (primary N) is 1. The number of benzene rings is 1. The summed E-state index contributed by atoms with van der Waals surface area (Å²) in [6.07, 6.45) is 0.962. The minimum atomic E-state index is -0.581. The number of hydrogen-bond acceptors (Lipinski definition) is 5. The molecule has 1 aromatic rings. The average molecular weight is 308 g/mol. The summed E-state index contributed by atoms with van der Waals surface area (Å²) in [5, 5.41) is 2.87. The third kappa shape index (κ3) is 4.36. The van der Waals surface area contributed by atoms with Crippen molar-refractivity contribution in [3.05, 3.63) is 23.8 Å². The van der Waals surface area contributed by atoms with E-state index in [-0.39, 0.29) is 12.5 Å². The second-order valence-corrected chi connectivity index (χ2v) is 5.06. The van der Waals surface area contributed by atoms with Crippen molar-refractivity contribution in [3.8, 4) is 11.5 Å². The fourth-order valence-electron chi connectivity index (χ4n) is 2.16. The number of primary amides is 1. The predicted molar refractivity (Wildman–Crippen MR) is 78.9 cm³/mol. The van der Waals surface area contributed by atoms with Crippen LogP contribution in [0.25, 0.3) is 0 Å². The van der Waals surface area contributed by atoms with Gasteiger partial charge in [-0.15, -0.1) is 0 Å². The normalized spacial score (nSPS) is 17.0. The molecule has 0 unspecified atom stereocenters. The van der Waals surface area contributed by atoms with E-state index < -0.39 is 5.91 Å². The van der Waals surface area contributed by atoms with Gasteiger partial charge < -0.3 is 25.3 Å². The lowest BCUT2D eigenvalue weighted by molar-refractivity contribution is -0.119. The lowest BCUT2D eigenvalue weighted by Crippen LogP contribution is -2.29. The number of methoxy groups -OCH3 is 1. The Balaban J connectivity index is 1.97. The minimum absolute atomic E-state index is 0.188. The van der Waals surface area contributed by atoms with Crippen molar-refractivity contribution >= 4 is 11.8 Å². The highest BCUT2D eigenvalue weighted by Crippen LogP contribution is 2.28. The van der Waals surface area contributed by atoms with Gasteiger partial charge in [-0.3, -0.25) is 9.59 Å². The maximum atomic E-state index is 12.1. The van der Waals surface area contributed by atoms with E-state index in [1.807, 2.05) is 0 Å². The van der Waals surface area contributed by atoms with Crippen molar-refractivity contribution < 1.29 is 23.8 Å². The molecule has 0 aliphatic carbocycles. The van der Waals surface area contributed by atoms with Gasteiger partial charge in [-0.1, -0.05) is 0 Å². The van der Waals surface area contributed by atoms with Crippen LogP contribution >= 0.6 is 0 Å². The molecule has 0 spiro atoms. The molecule has 2 rings (SSSR count). The Labute approximate surface area is 128 Å². The minimum Gasteiger partial charge on any atom is -0.493 e. The molecule has 120 valence electrons. The molecule has 1 heterocycles. The molecule has 1 saturated heterocycles. The van der Waals surface area contributed by atoms with Crippen LogP contribution in [-0.2, 0) is 9.53 Å². The van der Waals surface area contributed by atoms with Gasteiger partial charge in [-0.2, -0.15) is 0 Å². The number of hydrogen-bond donors (Lipinski definition) is 2. The standard InChI is InChI=1S/C15H20N2O5/c1-20-13-6-11(2-3-12(13)22-9-14(16)18)15(19)17-7-10-4-5-21-8-10/h2-3,6,10H,4-5,7-9H2,1H3,(H2,16,18)(H,17,19)/t10-/m1/s1. The van der Waals surface area contributed by atoms with Crippen LogP contribution in [0.3, 0.4) is 0 Å². The Kier molecular flexibility index (Phi) is 5.60. The Morgan fingerprint density at radius 3 is 2.86 bits per heavy atom. The van der Waals surface area contributed by atoms with E-state index in [0.29, 0.717) is 36.1 Å². The second-order valence-electron chi connectivity index (χ2n) is 5.06. The summed E-state index contributed by atoms with van der Waals surface area (Å²) in [5.74, 6) is 0.332. The molecular formula is C15H20N2O5. The van der Waals surface area contributed by atoms with Gasteiger partial charge in [0.1, 0.15) is 0 Å². The van der Waals surface area contributed by atoms with Crippen LogP contribution in [0.15, 0.2) is 18.2 Å². The highest BCUT2D eigenvalue weighted by atomic mass is 16.5. The van der Waals surface area contributed by atoms with Crippen LogP contribution in [0.1, 0.15) is 16.8 Å². The van der Waals surface area contributed by atoms with E-state index in [1.165, 1.54) is 7.11 Å². The van der Waals surface area contributed by atoms with Crippen LogP contribution < -0.4 is 20.5 Å². The molecule has 0 bridgehead atoms. The summed E-state index contributed by atoms with van der Waals surface area (Å²) in [6.45, 7) is 1.77. The van der Waals surface area contributed by atoms with E-state index >= 15 is 0 Å². The molecule has 1 atom stereocenters. The van der Waals surface area contributed by atoms with Gasteiger partial charge in [0.05, 0.1) is 13.7 Å². The molecule has 0 radical (unpaired) electrons. The lowest BCUT2D eigenvalue weighted by atomic mass is 10.1. The van der Waals surface area contributed by atoms with Gasteiger partial charge in [0.15, 0.2) is 18.1 Å². The maximum absolute atomic E-state index is 12.1. The van der Waals surface area contributed by atoms with Crippen molar-refractivity contribution in [3.63, 3.8) is 0 Å². The molecular weight excluding hydrogens is 288 g/mol. The van der Waals surface area contributed by atoms with Crippen molar-refractivity contribution in [1.29, 1.82) is 0 Å². The Morgan fingerprint density at radius 1 is 1.41 bits per heavy atom. The fourth-order valence-corrected chi connectivity index (χ4v) is 2.16. The zero-order chi connectivity index (χ0) is 15.9. The zero-order valence-corrected chi connectivity index (χ0v) is 12.5. The Bertz CT molecular complexity index is 541. The molecule has 3 N–H and O–H groups in total. The number of carbonyl (C=O) groups is 2. The second kappa shape index (κ2) is 7.65. The largest absolute Gasteiger partial charge is 0.493 e. The van der Waals surface area contributed by atoms with Crippen molar-refractivity contribution in [2.75, 3.05) is 33.5 Å². The molecule has 0 saturated carbocycles. The van der Waals surface area contributed by atoms with Gasteiger partial charge in [-0.05, 0) is 24.6 Å². The number of carbonyl (C=O) groups excluding carboxylic acids is 2. The molecule has 1 aliphatic heterocycles. The Hall–Kier alpha value is -2.28. The van der Waals surface area contributed by atoms with Gasteiger partial charge in [0.2, 0.25) is 0 Å². The Morgan fingerprint density at radius 2 is 2.23 bits per heavy atom. The van der Waals surface area contributed by atoms with Gasteiger partial charge in [-0.25, -0.2) is 0 Å². The number of amides is 2. The van der Waals surface area contributed by atoms with E-state index in [0.717, 1.165) is 13.0 Å². The third-order valence-corrected chi connectivity index (χ3v) is 3.37. The first-order valence-electron chi connectivity index (χ1n) is 7.05. The van der Waals surface area contributed by atoms with Crippen LogP contribution in [0.4, 0.5) is 0 Å². The highest BCUT2D eigenvalue weighted by Gasteiger charge is 2.17. The third-order valence-electron chi connectivity index (χ3n) is 3.37. The quantitative estimate of drug-likeness (QED) is 0.756. The monoisotopic (exact) mass is 308 g/mol.